The number of aromatic nitrogens is 2. The summed E-state index contributed by atoms with van der Waals surface area (Å²) in [5.74, 6) is 1.49. The number of furan rings is 1. The van der Waals surface area contributed by atoms with Crippen LogP contribution in [-0.2, 0) is 0 Å². The fraction of sp³-hybridized carbons (Fsp3) is 0.0625. The summed E-state index contributed by atoms with van der Waals surface area (Å²) in [6.45, 7) is 1.89. The van der Waals surface area contributed by atoms with Crippen LogP contribution in [0.1, 0.15) is 11.3 Å². The van der Waals surface area contributed by atoms with Gasteiger partial charge in [-0.05, 0) is 43.4 Å². The summed E-state index contributed by atoms with van der Waals surface area (Å²) in [7, 11) is 0. The average molecular weight is 325 g/mol. The van der Waals surface area contributed by atoms with Crippen molar-refractivity contribution in [3.05, 3.63) is 60.0 Å². The first-order chi connectivity index (χ1) is 11.1. The molecule has 23 heavy (non-hydrogen) atoms. The van der Waals surface area contributed by atoms with Gasteiger partial charge in [-0.25, -0.2) is 4.68 Å². The lowest BCUT2D eigenvalue weighted by molar-refractivity contribution is 0.545. The van der Waals surface area contributed by atoms with Gasteiger partial charge in [0.15, 0.2) is 10.9 Å². The van der Waals surface area contributed by atoms with Gasteiger partial charge in [-0.1, -0.05) is 18.2 Å². The SMILES string of the molecule is Cc1ccc(-c2nn(-c3ccccc3)cc2/C=N/NC(N)=S)o1. The smallest absolute Gasteiger partial charge is 0.184 e. The van der Waals surface area contributed by atoms with Crippen molar-refractivity contribution in [1.29, 1.82) is 0 Å². The van der Waals surface area contributed by atoms with Crippen molar-refractivity contribution in [2.45, 2.75) is 6.92 Å². The molecule has 2 heterocycles. The largest absolute Gasteiger partial charge is 0.460 e. The Morgan fingerprint density at radius 1 is 1.30 bits per heavy atom. The van der Waals surface area contributed by atoms with E-state index in [-0.39, 0.29) is 5.11 Å². The van der Waals surface area contributed by atoms with E-state index in [1.807, 2.05) is 55.6 Å². The fourth-order valence-corrected chi connectivity index (χ4v) is 2.17. The third-order valence-corrected chi connectivity index (χ3v) is 3.21. The summed E-state index contributed by atoms with van der Waals surface area (Å²) < 4.78 is 7.45. The second-order valence-corrected chi connectivity index (χ2v) is 5.30. The number of thiocarbonyl (C=S) groups is 1. The number of rotatable bonds is 4. The van der Waals surface area contributed by atoms with E-state index in [2.05, 4.69) is 15.6 Å². The molecule has 0 aliphatic heterocycles. The maximum atomic E-state index is 5.68. The Hall–Kier alpha value is -2.93. The van der Waals surface area contributed by atoms with Crippen LogP contribution >= 0.6 is 12.2 Å². The molecule has 3 N–H and O–H groups in total. The van der Waals surface area contributed by atoms with E-state index in [0.717, 1.165) is 17.0 Å². The van der Waals surface area contributed by atoms with Crippen LogP contribution in [-0.4, -0.2) is 21.1 Å². The van der Waals surface area contributed by atoms with Crippen molar-refractivity contribution in [3.8, 4) is 17.1 Å². The van der Waals surface area contributed by atoms with E-state index < -0.39 is 0 Å². The van der Waals surface area contributed by atoms with Gasteiger partial charge >= 0.3 is 0 Å². The van der Waals surface area contributed by atoms with Gasteiger partial charge in [-0.2, -0.15) is 10.2 Å². The highest BCUT2D eigenvalue weighted by Gasteiger charge is 2.14. The van der Waals surface area contributed by atoms with E-state index >= 15 is 0 Å². The number of nitrogens with zero attached hydrogens (tertiary/aromatic N) is 3. The van der Waals surface area contributed by atoms with Gasteiger partial charge in [0, 0.05) is 11.8 Å². The molecule has 2 aromatic heterocycles. The molecule has 0 radical (unpaired) electrons. The normalized spacial score (nSPS) is 11.0. The van der Waals surface area contributed by atoms with Gasteiger partial charge in [-0.3, -0.25) is 5.43 Å². The van der Waals surface area contributed by atoms with Gasteiger partial charge < -0.3 is 10.2 Å². The number of benzene rings is 1. The van der Waals surface area contributed by atoms with Gasteiger partial charge in [0.05, 0.1) is 11.9 Å². The Kier molecular flexibility index (Phi) is 4.20. The average Bonchev–Trinajstić information content (AvgIpc) is 3.14. The van der Waals surface area contributed by atoms with Crippen molar-refractivity contribution < 1.29 is 4.42 Å². The van der Waals surface area contributed by atoms with Gasteiger partial charge in [-0.15, -0.1) is 0 Å². The molecule has 0 fully saturated rings. The minimum atomic E-state index is 0.104. The first-order valence-corrected chi connectivity index (χ1v) is 7.35. The van der Waals surface area contributed by atoms with Crippen LogP contribution in [0, 0.1) is 6.92 Å². The molecule has 0 saturated carbocycles. The molecule has 6 nitrogen and oxygen atoms in total. The number of aryl methyl sites for hydroxylation is 1. The lowest BCUT2D eigenvalue weighted by Gasteiger charge is -1.98. The maximum Gasteiger partial charge on any atom is 0.184 e. The number of nitrogens with two attached hydrogens (primary N) is 1. The molecule has 0 unspecified atom stereocenters. The highest BCUT2D eigenvalue weighted by Crippen LogP contribution is 2.24. The molecule has 0 saturated heterocycles. The monoisotopic (exact) mass is 325 g/mol. The van der Waals surface area contributed by atoms with E-state index in [4.69, 9.17) is 22.4 Å². The predicted octanol–water partition coefficient (Wildman–Crippen LogP) is 2.61. The number of hydrogen-bond acceptors (Lipinski definition) is 4. The molecular formula is C16H15N5OS. The Labute approximate surface area is 138 Å². The molecule has 0 aliphatic rings. The standard InChI is InChI=1S/C16H15N5OS/c1-11-7-8-14(22-11)15-12(9-18-19-16(17)23)10-21(20-15)13-5-3-2-4-6-13/h2-10H,1H3,(H3,17,19,23)/b18-9+. The van der Waals surface area contributed by atoms with Crippen LogP contribution in [0.15, 0.2) is 58.2 Å². The second-order valence-electron chi connectivity index (χ2n) is 4.86. The second kappa shape index (κ2) is 6.45. The summed E-state index contributed by atoms with van der Waals surface area (Å²) in [4.78, 5) is 0. The zero-order chi connectivity index (χ0) is 16.2. The molecule has 0 amide bonds. The lowest BCUT2D eigenvalue weighted by Crippen LogP contribution is -2.23. The maximum absolute atomic E-state index is 5.68. The molecule has 0 atom stereocenters. The number of para-hydroxylation sites is 1. The van der Waals surface area contributed by atoms with Crippen LogP contribution in [0.4, 0.5) is 0 Å². The highest BCUT2D eigenvalue weighted by atomic mass is 32.1. The molecule has 1 aromatic carbocycles. The molecular weight excluding hydrogens is 310 g/mol. The highest BCUT2D eigenvalue weighted by molar-refractivity contribution is 7.80. The molecule has 0 spiro atoms. The Balaban J connectivity index is 2.03. The summed E-state index contributed by atoms with van der Waals surface area (Å²) in [6.07, 6.45) is 3.48. The number of hydrogen-bond donors (Lipinski definition) is 2. The van der Waals surface area contributed by atoms with Crippen LogP contribution in [0.3, 0.4) is 0 Å². The summed E-state index contributed by atoms with van der Waals surface area (Å²) in [6, 6.07) is 13.6. The predicted molar refractivity (Wildman–Crippen MR) is 93.5 cm³/mol. The van der Waals surface area contributed by atoms with Gasteiger partial charge in [0.1, 0.15) is 11.5 Å². The molecule has 3 rings (SSSR count). The zero-order valence-corrected chi connectivity index (χ0v) is 13.2. The van der Waals surface area contributed by atoms with E-state index in [9.17, 15) is 0 Å². The zero-order valence-electron chi connectivity index (χ0n) is 12.4. The molecule has 7 heteroatoms. The molecule has 0 bridgehead atoms. The first-order valence-electron chi connectivity index (χ1n) is 6.94. The van der Waals surface area contributed by atoms with Crippen molar-refractivity contribution in [3.63, 3.8) is 0 Å². The van der Waals surface area contributed by atoms with Gasteiger partial charge in [0.2, 0.25) is 0 Å². The number of nitrogens with one attached hydrogen (secondary N) is 1. The Morgan fingerprint density at radius 2 is 2.09 bits per heavy atom. The molecule has 116 valence electrons. The minimum Gasteiger partial charge on any atom is -0.460 e. The molecule has 3 aromatic rings. The quantitative estimate of drug-likeness (QED) is 0.438. The van der Waals surface area contributed by atoms with E-state index in [1.54, 1.807) is 10.9 Å². The van der Waals surface area contributed by atoms with Crippen LogP contribution in [0.5, 0.6) is 0 Å². The topological polar surface area (TPSA) is 81.4 Å². The van der Waals surface area contributed by atoms with Crippen molar-refractivity contribution in [1.82, 2.24) is 15.2 Å². The lowest BCUT2D eigenvalue weighted by atomic mass is 10.2. The number of hydrazone groups is 1. The summed E-state index contributed by atoms with van der Waals surface area (Å²) in [5, 5.41) is 8.71. The van der Waals surface area contributed by atoms with Gasteiger partial charge in [0.25, 0.3) is 0 Å². The summed E-state index contributed by atoms with van der Waals surface area (Å²) in [5.41, 5.74) is 10.3. The Bertz CT molecular complexity index is 850. The minimum absolute atomic E-state index is 0.104. The third-order valence-electron chi connectivity index (χ3n) is 3.12. The Morgan fingerprint density at radius 3 is 2.74 bits per heavy atom. The van der Waals surface area contributed by atoms with Crippen LogP contribution in [0.25, 0.3) is 17.1 Å². The van der Waals surface area contributed by atoms with Crippen molar-refractivity contribution in [2.24, 2.45) is 10.8 Å². The molecule has 0 aliphatic carbocycles. The van der Waals surface area contributed by atoms with E-state index in [0.29, 0.717) is 11.5 Å². The summed E-state index contributed by atoms with van der Waals surface area (Å²) >= 11 is 4.74. The van der Waals surface area contributed by atoms with Crippen LogP contribution < -0.4 is 11.2 Å². The first kappa shape index (κ1) is 15.0. The van der Waals surface area contributed by atoms with Crippen LogP contribution in [0.2, 0.25) is 0 Å². The fourth-order valence-electron chi connectivity index (χ4n) is 2.11. The van der Waals surface area contributed by atoms with Crippen molar-refractivity contribution >= 4 is 23.5 Å². The van der Waals surface area contributed by atoms with E-state index in [1.165, 1.54) is 0 Å². The third kappa shape index (κ3) is 3.46. The van der Waals surface area contributed by atoms with Crippen molar-refractivity contribution in [2.75, 3.05) is 0 Å².